The van der Waals surface area contributed by atoms with Gasteiger partial charge in [0.15, 0.2) is 5.96 Å². The highest BCUT2D eigenvalue weighted by molar-refractivity contribution is 14.0. The molecule has 0 fully saturated rings. The summed E-state index contributed by atoms with van der Waals surface area (Å²) in [5, 5.41) is 3.08. The van der Waals surface area contributed by atoms with E-state index in [9.17, 15) is 0 Å². The molecule has 0 aromatic heterocycles. The Hall–Kier alpha value is -1.02. The second-order valence-corrected chi connectivity index (χ2v) is 5.14. The minimum absolute atomic E-state index is 0. The molecule has 5 nitrogen and oxygen atoms in total. The van der Waals surface area contributed by atoms with Gasteiger partial charge in [-0.1, -0.05) is 25.1 Å². The lowest BCUT2D eigenvalue weighted by Crippen LogP contribution is -2.41. The van der Waals surface area contributed by atoms with Crippen LogP contribution in [-0.2, 0) is 4.74 Å². The van der Waals surface area contributed by atoms with Gasteiger partial charge in [-0.15, -0.1) is 24.0 Å². The van der Waals surface area contributed by atoms with Crippen molar-refractivity contribution in [1.82, 2.24) is 5.32 Å². The first kappa shape index (κ1) is 21.0. The van der Waals surface area contributed by atoms with Crippen LogP contribution in [0.5, 0.6) is 5.75 Å². The molecule has 0 spiro atoms. The second kappa shape index (κ2) is 11.5. The maximum Gasteiger partial charge on any atom is 0.189 e. The molecule has 0 amide bonds. The van der Waals surface area contributed by atoms with Gasteiger partial charge in [0.2, 0.25) is 0 Å². The lowest BCUT2D eigenvalue weighted by molar-refractivity contribution is 0.179. The molecule has 0 aliphatic heterocycles. The summed E-state index contributed by atoms with van der Waals surface area (Å²) in [5.74, 6) is 1.32. The summed E-state index contributed by atoms with van der Waals surface area (Å²) < 4.78 is 11.0. The first-order chi connectivity index (χ1) is 10.1. The van der Waals surface area contributed by atoms with E-state index in [1.165, 1.54) is 0 Å². The molecule has 1 aromatic carbocycles. The molecule has 0 bridgehead atoms. The van der Waals surface area contributed by atoms with Crippen molar-refractivity contribution in [3.8, 4) is 5.75 Å². The molecular weight excluding hydrogens is 393 g/mol. The number of aryl methyl sites for hydroxylation is 1. The van der Waals surface area contributed by atoms with Crippen molar-refractivity contribution in [2.24, 2.45) is 10.7 Å². The van der Waals surface area contributed by atoms with Gasteiger partial charge in [-0.2, -0.15) is 0 Å². The van der Waals surface area contributed by atoms with Gasteiger partial charge < -0.3 is 20.5 Å². The first-order valence-corrected chi connectivity index (χ1v) is 7.34. The molecule has 0 heterocycles. The number of aliphatic imine (C=N–C) groups is 1. The van der Waals surface area contributed by atoms with Crippen molar-refractivity contribution in [1.29, 1.82) is 0 Å². The molecule has 2 atom stereocenters. The number of ether oxygens (including phenoxy) is 2. The van der Waals surface area contributed by atoms with Gasteiger partial charge in [0.05, 0.1) is 13.2 Å². The third kappa shape index (κ3) is 7.84. The summed E-state index contributed by atoms with van der Waals surface area (Å²) in [6, 6.07) is 8.12. The summed E-state index contributed by atoms with van der Waals surface area (Å²) in [7, 11) is 1.66. The van der Waals surface area contributed by atoms with E-state index in [2.05, 4.69) is 17.2 Å². The summed E-state index contributed by atoms with van der Waals surface area (Å²) >= 11 is 0. The molecule has 1 rings (SSSR count). The predicted octanol–water partition coefficient (Wildman–Crippen LogP) is 2.71. The summed E-state index contributed by atoms with van der Waals surface area (Å²) in [6.07, 6.45) is 0.892. The number of rotatable bonds is 8. The van der Waals surface area contributed by atoms with E-state index in [4.69, 9.17) is 15.2 Å². The highest BCUT2D eigenvalue weighted by atomic mass is 127. The van der Waals surface area contributed by atoms with Crippen molar-refractivity contribution in [3.63, 3.8) is 0 Å². The maximum absolute atomic E-state index is 5.98. The molecule has 0 saturated carbocycles. The van der Waals surface area contributed by atoms with Crippen LogP contribution in [0.2, 0.25) is 0 Å². The Morgan fingerprint density at radius 2 is 2.05 bits per heavy atom. The number of nitrogens with one attached hydrogen (secondary N) is 1. The van der Waals surface area contributed by atoms with Crippen LogP contribution in [0.4, 0.5) is 0 Å². The van der Waals surface area contributed by atoms with Crippen molar-refractivity contribution in [3.05, 3.63) is 29.8 Å². The van der Waals surface area contributed by atoms with E-state index in [1.54, 1.807) is 7.11 Å². The number of halogens is 1. The van der Waals surface area contributed by atoms with Gasteiger partial charge in [-0.25, -0.2) is 4.99 Å². The normalized spacial score (nSPS) is 13.9. The van der Waals surface area contributed by atoms with Gasteiger partial charge in [-0.3, -0.25) is 0 Å². The Labute approximate surface area is 150 Å². The predicted molar refractivity (Wildman–Crippen MR) is 102 cm³/mol. The van der Waals surface area contributed by atoms with E-state index in [1.807, 2.05) is 38.1 Å². The summed E-state index contributed by atoms with van der Waals surface area (Å²) in [6.45, 7) is 7.23. The highest BCUT2D eigenvalue weighted by Gasteiger charge is 2.10. The minimum atomic E-state index is 0. The van der Waals surface area contributed by atoms with Crippen LogP contribution in [0.3, 0.4) is 0 Å². The molecule has 0 aliphatic rings. The lowest BCUT2D eigenvalue weighted by atomic mass is 10.2. The SMILES string of the molecule is CCC(CN=C(N)NC(C)COC)Oc1ccccc1C.I. The van der Waals surface area contributed by atoms with Crippen molar-refractivity contribution >= 4 is 29.9 Å². The number of methoxy groups -OCH3 is 1. The topological polar surface area (TPSA) is 68.9 Å². The molecular formula is C16H28IN3O2. The zero-order chi connectivity index (χ0) is 15.7. The smallest absolute Gasteiger partial charge is 0.189 e. The molecule has 0 saturated heterocycles. The number of para-hydroxylation sites is 1. The van der Waals surface area contributed by atoms with E-state index in [0.29, 0.717) is 19.1 Å². The molecule has 2 unspecified atom stereocenters. The van der Waals surface area contributed by atoms with Crippen LogP contribution in [0, 0.1) is 6.92 Å². The number of guanidine groups is 1. The Bertz CT molecular complexity index is 455. The third-order valence-corrected chi connectivity index (χ3v) is 3.12. The van der Waals surface area contributed by atoms with Crippen molar-refractivity contribution in [2.75, 3.05) is 20.3 Å². The van der Waals surface area contributed by atoms with E-state index in [0.717, 1.165) is 17.7 Å². The second-order valence-electron chi connectivity index (χ2n) is 5.14. The standard InChI is InChI=1S/C16H27N3O2.HI/c1-5-14(21-15-9-7-6-8-12(15)2)10-18-16(17)19-13(3)11-20-4;/h6-9,13-14H,5,10-11H2,1-4H3,(H3,17,18,19);1H. The number of nitrogens with two attached hydrogens (primary N) is 1. The van der Waals surface area contributed by atoms with E-state index >= 15 is 0 Å². The number of hydrogen-bond acceptors (Lipinski definition) is 3. The van der Waals surface area contributed by atoms with Crippen LogP contribution in [-0.4, -0.2) is 38.4 Å². The van der Waals surface area contributed by atoms with Crippen LogP contribution in [0.15, 0.2) is 29.3 Å². The zero-order valence-corrected chi connectivity index (χ0v) is 16.2. The molecule has 22 heavy (non-hydrogen) atoms. The van der Waals surface area contributed by atoms with Crippen molar-refractivity contribution < 1.29 is 9.47 Å². The Balaban J connectivity index is 0.00000441. The summed E-state index contributed by atoms with van der Waals surface area (Å²) in [4.78, 5) is 4.35. The van der Waals surface area contributed by atoms with E-state index in [-0.39, 0.29) is 36.1 Å². The Morgan fingerprint density at radius 1 is 1.36 bits per heavy atom. The fourth-order valence-corrected chi connectivity index (χ4v) is 1.91. The number of benzene rings is 1. The van der Waals surface area contributed by atoms with Crippen molar-refractivity contribution in [2.45, 2.75) is 39.3 Å². The van der Waals surface area contributed by atoms with Crippen LogP contribution >= 0.6 is 24.0 Å². The van der Waals surface area contributed by atoms with Crippen LogP contribution < -0.4 is 15.8 Å². The molecule has 0 radical (unpaired) electrons. The minimum Gasteiger partial charge on any atom is -0.488 e. The van der Waals surface area contributed by atoms with Gasteiger partial charge in [0.25, 0.3) is 0 Å². The lowest BCUT2D eigenvalue weighted by Gasteiger charge is -2.18. The molecule has 6 heteroatoms. The average molecular weight is 421 g/mol. The zero-order valence-electron chi connectivity index (χ0n) is 13.8. The number of hydrogen-bond donors (Lipinski definition) is 2. The average Bonchev–Trinajstić information content (AvgIpc) is 2.45. The van der Waals surface area contributed by atoms with E-state index < -0.39 is 0 Å². The molecule has 126 valence electrons. The quantitative estimate of drug-likeness (QED) is 0.385. The fourth-order valence-electron chi connectivity index (χ4n) is 1.91. The number of nitrogens with zero attached hydrogens (tertiary/aromatic N) is 1. The Morgan fingerprint density at radius 3 is 2.64 bits per heavy atom. The van der Waals surface area contributed by atoms with Gasteiger partial charge in [0.1, 0.15) is 11.9 Å². The molecule has 1 aromatic rings. The maximum atomic E-state index is 5.98. The van der Waals surface area contributed by atoms with Gasteiger partial charge in [-0.05, 0) is 31.9 Å². The third-order valence-electron chi connectivity index (χ3n) is 3.12. The van der Waals surface area contributed by atoms with Crippen LogP contribution in [0.1, 0.15) is 25.8 Å². The largest absolute Gasteiger partial charge is 0.488 e. The van der Waals surface area contributed by atoms with Gasteiger partial charge >= 0.3 is 0 Å². The summed E-state index contributed by atoms with van der Waals surface area (Å²) in [5.41, 5.74) is 6.98. The first-order valence-electron chi connectivity index (χ1n) is 7.34. The van der Waals surface area contributed by atoms with Gasteiger partial charge in [0, 0.05) is 13.2 Å². The monoisotopic (exact) mass is 421 g/mol. The molecule has 3 N–H and O–H groups in total. The highest BCUT2D eigenvalue weighted by Crippen LogP contribution is 2.18. The fraction of sp³-hybridized carbons (Fsp3) is 0.562. The van der Waals surface area contributed by atoms with Crippen LogP contribution in [0.25, 0.3) is 0 Å². The Kier molecular flexibility index (Phi) is 11.0. The molecule has 0 aliphatic carbocycles.